The molecule has 0 spiro atoms. The molecule has 0 aliphatic carbocycles. The Morgan fingerprint density at radius 2 is 1.86 bits per heavy atom. The van der Waals surface area contributed by atoms with Crippen LogP contribution in [0.3, 0.4) is 0 Å². The lowest BCUT2D eigenvalue weighted by Crippen LogP contribution is -2.67. The Kier molecular flexibility index (Phi) is 3.70. The van der Waals surface area contributed by atoms with Crippen LogP contribution in [0.5, 0.6) is 0 Å². The molecule has 5 nitrogen and oxygen atoms in total. The number of amides is 2. The summed E-state index contributed by atoms with van der Waals surface area (Å²) >= 11 is 0. The first-order valence-electron chi connectivity index (χ1n) is 7.09. The smallest absolute Gasteiger partial charge is 0.252 e. The van der Waals surface area contributed by atoms with Gasteiger partial charge < -0.3 is 10.2 Å². The van der Waals surface area contributed by atoms with Crippen molar-refractivity contribution in [3.63, 3.8) is 0 Å². The van der Waals surface area contributed by atoms with Gasteiger partial charge in [0, 0.05) is 25.5 Å². The maximum absolute atomic E-state index is 12.7. The summed E-state index contributed by atoms with van der Waals surface area (Å²) in [6.45, 7) is 7.23. The van der Waals surface area contributed by atoms with Gasteiger partial charge in [-0.25, -0.2) is 0 Å². The Balaban J connectivity index is 2.50. The van der Waals surface area contributed by atoms with Crippen LogP contribution in [0.25, 0.3) is 0 Å². The Hall–Kier alpha value is -2.04. The van der Waals surface area contributed by atoms with E-state index in [9.17, 15) is 9.59 Å². The summed E-state index contributed by atoms with van der Waals surface area (Å²) in [6, 6.07) is 5.32. The number of benzene rings is 1. The molecule has 1 aliphatic heterocycles. The Labute approximate surface area is 125 Å². The van der Waals surface area contributed by atoms with Crippen molar-refractivity contribution in [2.45, 2.75) is 39.3 Å². The van der Waals surface area contributed by atoms with E-state index in [0.717, 1.165) is 16.9 Å². The first kappa shape index (κ1) is 15.4. The standard InChI is InChI=1S/C16H23N3O2/c1-10-7-8-12(9-13(10)18(5)6)19-11(2)14(20)17-16(3,4)15(19)21/h7-9,11H,1-6H3,(H,17,20). The Bertz CT molecular complexity index is 593. The van der Waals surface area contributed by atoms with Crippen molar-refractivity contribution in [3.8, 4) is 0 Å². The van der Waals surface area contributed by atoms with E-state index in [1.807, 2.05) is 44.1 Å². The van der Waals surface area contributed by atoms with Gasteiger partial charge in [0.15, 0.2) is 0 Å². The lowest BCUT2D eigenvalue weighted by atomic mass is 9.96. The number of piperazine rings is 1. The molecule has 1 saturated heterocycles. The average molecular weight is 289 g/mol. The van der Waals surface area contributed by atoms with Crippen molar-refractivity contribution in [2.75, 3.05) is 23.9 Å². The zero-order valence-corrected chi connectivity index (χ0v) is 13.5. The number of hydrogen-bond donors (Lipinski definition) is 1. The fourth-order valence-corrected chi connectivity index (χ4v) is 2.63. The normalized spacial score (nSPS) is 21.2. The summed E-state index contributed by atoms with van der Waals surface area (Å²) in [6.07, 6.45) is 0. The second-order valence-corrected chi connectivity index (χ2v) is 6.33. The van der Waals surface area contributed by atoms with E-state index >= 15 is 0 Å². The first-order valence-corrected chi connectivity index (χ1v) is 7.09. The number of carbonyl (C=O) groups excluding carboxylic acids is 2. The van der Waals surface area contributed by atoms with E-state index in [2.05, 4.69) is 5.32 Å². The van der Waals surface area contributed by atoms with Crippen molar-refractivity contribution in [1.29, 1.82) is 0 Å². The summed E-state index contributed by atoms with van der Waals surface area (Å²) in [5.41, 5.74) is 2.04. The molecule has 1 unspecified atom stereocenters. The lowest BCUT2D eigenvalue weighted by molar-refractivity contribution is -0.136. The third-order valence-corrected chi connectivity index (χ3v) is 3.91. The molecule has 2 amide bonds. The molecule has 1 N–H and O–H groups in total. The maximum Gasteiger partial charge on any atom is 0.252 e. The molecule has 0 aromatic heterocycles. The highest BCUT2D eigenvalue weighted by Crippen LogP contribution is 2.30. The Morgan fingerprint density at radius 3 is 2.43 bits per heavy atom. The van der Waals surface area contributed by atoms with E-state index in [1.165, 1.54) is 0 Å². The van der Waals surface area contributed by atoms with Gasteiger partial charge in [-0.15, -0.1) is 0 Å². The van der Waals surface area contributed by atoms with Crippen LogP contribution in [0.2, 0.25) is 0 Å². The second-order valence-electron chi connectivity index (χ2n) is 6.33. The van der Waals surface area contributed by atoms with E-state index in [1.54, 1.807) is 25.7 Å². The van der Waals surface area contributed by atoms with Gasteiger partial charge in [0.05, 0.1) is 0 Å². The zero-order valence-electron chi connectivity index (χ0n) is 13.5. The highest BCUT2D eigenvalue weighted by atomic mass is 16.2. The fourth-order valence-electron chi connectivity index (χ4n) is 2.63. The number of rotatable bonds is 2. The van der Waals surface area contributed by atoms with Crippen LogP contribution in [0.4, 0.5) is 11.4 Å². The topological polar surface area (TPSA) is 52.7 Å². The van der Waals surface area contributed by atoms with Gasteiger partial charge >= 0.3 is 0 Å². The maximum atomic E-state index is 12.7. The molecule has 1 atom stereocenters. The molecule has 1 aliphatic rings. The summed E-state index contributed by atoms with van der Waals surface area (Å²) in [5, 5.41) is 2.76. The molecule has 1 aromatic carbocycles. The van der Waals surface area contributed by atoms with Crippen LogP contribution in [0, 0.1) is 6.92 Å². The number of nitrogens with one attached hydrogen (secondary N) is 1. The Morgan fingerprint density at radius 1 is 1.24 bits per heavy atom. The zero-order chi connectivity index (χ0) is 15.9. The van der Waals surface area contributed by atoms with Crippen LogP contribution < -0.4 is 15.1 Å². The van der Waals surface area contributed by atoms with Crippen molar-refractivity contribution < 1.29 is 9.59 Å². The minimum absolute atomic E-state index is 0.0943. The predicted molar refractivity (Wildman–Crippen MR) is 84.7 cm³/mol. The molecule has 114 valence electrons. The SMILES string of the molecule is Cc1ccc(N2C(=O)C(C)(C)NC(=O)C2C)cc1N(C)C. The first-order chi connectivity index (χ1) is 9.65. The summed E-state index contributed by atoms with van der Waals surface area (Å²) < 4.78 is 0. The predicted octanol–water partition coefficient (Wildman–Crippen LogP) is 1.69. The third-order valence-electron chi connectivity index (χ3n) is 3.91. The molecular formula is C16H23N3O2. The molecule has 1 fully saturated rings. The van der Waals surface area contributed by atoms with Gasteiger partial charge in [-0.05, 0) is 45.4 Å². The van der Waals surface area contributed by atoms with E-state index in [-0.39, 0.29) is 11.8 Å². The summed E-state index contributed by atoms with van der Waals surface area (Å²) in [7, 11) is 3.93. The number of nitrogens with zero attached hydrogens (tertiary/aromatic N) is 2. The molecular weight excluding hydrogens is 266 g/mol. The molecule has 0 radical (unpaired) electrons. The van der Waals surface area contributed by atoms with Gasteiger partial charge in [0.25, 0.3) is 5.91 Å². The lowest BCUT2D eigenvalue weighted by Gasteiger charge is -2.41. The molecule has 0 bridgehead atoms. The minimum Gasteiger partial charge on any atom is -0.377 e. The number of carbonyl (C=O) groups is 2. The highest BCUT2D eigenvalue weighted by Gasteiger charge is 2.44. The van der Waals surface area contributed by atoms with Gasteiger partial charge in [-0.1, -0.05) is 6.07 Å². The molecule has 2 rings (SSSR count). The van der Waals surface area contributed by atoms with Gasteiger partial charge in [-0.2, -0.15) is 0 Å². The van der Waals surface area contributed by atoms with Crippen LogP contribution in [0.1, 0.15) is 26.3 Å². The van der Waals surface area contributed by atoms with Crippen LogP contribution in [0.15, 0.2) is 18.2 Å². The van der Waals surface area contributed by atoms with Gasteiger partial charge in [-0.3, -0.25) is 14.5 Å². The second kappa shape index (κ2) is 5.06. The molecule has 0 saturated carbocycles. The van der Waals surface area contributed by atoms with E-state index < -0.39 is 11.6 Å². The van der Waals surface area contributed by atoms with E-state index in [0.29, 0.717) is 0 Å². The van der Waals surface area contributed by atoms with Gasteiger partial charge in [0.2, 0.25) is 5.91 Å². The van der Waals surface area contributed by atoms with Crippen molar-refractivity contribution >= 4 is 23.2 Å². The van der Waals surface area contributed by atoms with E-state index in [4.69, 9.17) is 0 Å². The molecule has 5 heteroatoms. The number of hydrogen-bond acceptors (Lipinski definition) is 3. The highest BCUT2D eigenvalue weighted by molar-refractivity contribution is 6.10. The third kappa shape index (κ3) is 2.60. The minimum atomic E-state index is -0.882. The molecule has 1 heterocycles. The van der Waals surface area contributed by atoms with Crippen LogP contribution in [-0.4, -0.2) is 37.5 Å². The van der Waals surface area contributed by atoms with Crippen molar-refractivity contribution in [3.05, 3.63) is 23.8 Å². The van der Waals surface area contributed by atoms with Gasteiger partial charge in [0.1, 0.15) is 11.6 Å². The largest absolute Gasteiger partial charge is 0.377 e. The molecule has 1 aromatic rings. The average Bonchev–Trinajstić information content (AvgIpc) is 2.38. The number of aryl methyl sites for hydroxylation is 1. The summed E-state index contributed by atoms with van der Waals surface area (Å²) in [4.78, 5) is 28.4. The summed E-state index contributed by atoms with van der Waals surface area (Å²) in [5.74, 6) is -0.227. The monoisotopic (exact) mass is 289 g/mol. The van der Waals surface area contributed by atoms with Crippen LogP contribution in [-0.2, 0) is 9.59 Å². The van der Waals surface area contributed by atoms with Crippen molar-refractivity contribution in [2.24, 2.45) is 0 Å². The quantitative estimate of drug-likeness (QED) is 0.901. The van der Waals surface area contributed by atoms with Crippen LogP contribution >= 0.6 is 0 Å². The fraction of sp³-hybridized carbons (Fsp3) is 0.500. The number of anilines is 2. The molecule has 21 heavy (non-hydrogen) atoms. The van der Waals surface area contributed by atoms with Crippen molar-refractivity contribution in [1.82, 2.24) is 5.32 Å².